The normalized spacial score (nSPS) is 15.3. The molecule has 0 aliphatic carbocycles. The number of fused-ring (bicyclic) bond motifs is 1. The van der Waals surface area contributed by atoms with Crippen LogP contribution in [0.25, 0.3) is 5.65 Å². The van der Waals surface area contributed by atoms with Crippen LogP contribution in [0.3, 0.4) is 0 Å². The van der Waals surface area contributed by atoms with Crippen molar-refractivity contribution < 1.29 is 13.9 Å². The van der Waals surface area contributed by atoms with Gasteiger partial charge in [-0.05, 0) is 26.0 Å². The number of aromatic nitrogens is 2. The van der Waals surface area contributed by atoms with Crippen LogP contribution in [0.2, 0.25) is 0 Å². The fraction of sp³-hybridized carbons (Fsp3) is 0.350. The number of nitrogens with zero attached hydrogens (tertiary/aromatic N) is 3. The molecule has 3 aromatic heterocycles. The Balaban J connectivity index is 1.45. The maximum atomic E-state index is 13.0. The third-order valence-electron chi connectivity index (χ3n) is 4.81. The van der Waals surface area contributed by atoms with Crippen LogP contribution >= 0.6 is 0 Å². The van der Waals surface area contributed by atoms with Crippen LogP contribution in [0, 0.1) is 13.8 Å². The third kappa shape index (κ3) is 3.45. The van der Waals surface area contributed by atoms with E-state index in [9.17, 15) is 9.59 Å². The van der Waals surface area contributed by atoms with Gasteiger partial charge >= 0.3 is 5.63 Å². The summed E-state index contributed by atoms with van der Waals surface area (Å²) in [7, 11) is 0. The van der Waals surface area contributed by atoms with Gasteiger partial charge in [-0.1, -0.05) is 6.07 Å². The Morgan fingerprint density at radius 2 is 2.00 bits per heavy atom. The fourth-order valence-corrected chi connectivity index (χ4v) is 3.53. The maximum Gasteiger partial charge on any atom is 0.339 e. The van der Waals surface area contributed by atoms with Gasteiger partial charge in [-0.3, -0.25) is 9.20 Å². The van der Waals surface area contributed by atoms with E-state index in [1.807, 2.05) is 40.6 Å². The van der Waals surface area contributed by atoms with Gasteiger partial charge in [-0.25, -0.2) is 9.78 Å². The SMILES string of the molecule is Cc1cc(OC2CCN(C(=O)c3c(C)nc4ccccn34)CC2)cc(=O)o1. The molecule has 1 aliphatic heterocycles. The molecule has 0 saturated carbocycles. The zero-order valence-corrected chi connectivity index (χ0v) is 15.3. The van der Waals surface area contributed by atoms with Crippen molar-refractivity contribution >= 4 is 11.6 Å². The summed E-state index contributed by atoms with van der Waals surface area (Å²) in [5.74, 6) is 1.03. The first-order valence-corrected chi connectivity index (χ1v) is 9.02. The molecule has 1 amide bonds. The van der Waals surface area contributed by atoms with E-state index in [0.717, 1.165) is 11.3 Å². The van der Waals surface area contributed by atoms with Crippen LogP contribution < -0.4 is 10.4 Å². The molecule has 3 aromatic rings. The molecule has 0 spiro atoms. The van der Waals surface area contributed by atoms with Gasteiger partial charge in [-0.2, -0.15) is 0 Å². The minimum atomic E-state index is -0.416. The lowest BCUT2D eigenvalue weighted by Gasteiger charge is -2.32. The van der Waals surface area contributed by atoms with Crippen molar-refractivity contribution in [2.75, 3.05) is 13.1 Å². The molecular formula is C20H21N3O4. The van der Waals surface area contributed by atoms with Gasteiger partial charge in [0, 0.05) is 38.2 Å². The van der Waals surface area contributed by atoms with Gasteiger partial charge in [0.1, 0.15) is 29.0 Å². The summed E-state index contributed by atoms with van der Waals surface area (Å²) in [6.45, 7) is 4.78. The van der Waals surface area contributed by atoms with Gasteiger partial charge in [0.15, 0.2) is 0 Å². The van der Waals surface area contributed by atoms with Crippen molar-refractivity contribution in [1.29, 1.82) is 0 Å². The number of rotatable bonds is 3. The zero-order valence-electron chi connectivity index (χ0n) is 15.3. The molecule has 140 valence electrons. The van der Waals surface area contributed by atoms with Crippen molar-refractivity contribution in [3.05, 3.63) is 64.1 Å². The highest BCUT2D eigenvalue weighted by Crippen LogP contribution is 2.21. The van der Waals surface area contributed by atoms with E-state index in [-0.39, 0.29) is 12.0 Å². The molecule has 1 aliphatic rings. The van der Waals surface area contributed by atoms with E-state index in [1.54, 1.807) is 13.0 Å². The molecule has 1 saturated heterocycles. The lowest BCUT2D eigenvalue weighted by molar-refractivity contribution is 0.0587. The first-order chi connectivity index (χ1) is 13.0. The van der Waals surface area contributed by atoms with E-state index in [0.29, 0.717) is 43.1 Å². The summed E-state index contributed by atoms with van der Waals surface area (Å²) < 4.78 is 12.7. The number of piperidine rings is 1. The van der Waals surface area contributed by atoms with Crippen molar-refractivity contribution in [3.8, 4) is 5.75 Å². The van der Waals surface area contributed by atoms with Crippen LogP contribution in [-0.2, 0) is 0 Å². The molecule has 1 fully saturated rings. The Labute approximate surface area is 156 Å². The molecule has 27 heavy (non-hydrogen) atoms. The van der Waals surface area contributed by atoms with E-state index >= 15 is 0 Å². The minimum absolute atomic E-state index is 0.0131. The lowest BCUT2D eigenvalue weighted by Crippen LogP contribution is -2.42. The zero-order chi connectivity index (χ0) is 19.0. The molecular weight excluding hydrogens is 346 g/mol. The molecule has 7 nitrogen and oxygen atoms in total. The van der Waals surface area contributed by atoms with E-state index < -0.39 is 5.63 Å². The Hall–Kier alpha value is -3.09. The highest BCUT2D eigenvalue weighted by Gasteiger charge is 2.28. The predicted octanol–water partition coefficient (Wildman–Crippen LogP) is 2.59. The average molecular weight is 367 g/mol. The van der Waals surface area contributed by atoms with Crippen molar-refractivity contribution in [2.24, 2.45) is 0 Å². The number of hydrogen-bond donors (Lipinski definition) is 0. The lowest BCUT2D eigenvalue weighted by atomic mass is 10.1. The van der Waals surface area contributed by atoms with Crippen molar-refractivity contribution in [2.45, 2.75) is 32.8 Å². The number of likely N-dealkylation sites (tertiary alicyclic amines) is 1. The highest BCUT2D eigenvalue weighted by molar-refractivity contribution is 5.94. The number of hydrogen-bond acceptors (Lipinski definition) is 5. The highest BCUT2D eigenvalue weighted by atomic mass is 16.5. The van der Waals surface area contributed by atoms with Gasteiger partial charge in [0.2, 0.25) is 0 Å². The second kappa shape index (κ2) is 6.90. The maximum absolute atomic E-state index is 13.0. The van der Waals surface area contributed by atoms with Gasteiger partial charge in [0.05, 0.1) is 11.8 Å². The molecule has 7 heteroatoms. The van der Waals surface area contributed by atoms with Gasteiger partial charge < -0.3 is 14.1 Å². The number of carbonyl (C=O) groups is 1. The van der Waals surface area contributed by atoms with Crippen LogP contribution in [0.4, 0.5) is 0 Å². The molecule has 0 aromatic carbocycles. The Kier molecular flexibility index (Phi) is 4.43. The summed E-state index contributed by atoms with van der Waals surface area (Å²) in [6, 6.07) is 8.75. The Bertz CT molecular complexity index is 1040. The molecule has 0 radical (unpaired) electrons. The Morgan fingerprint density at radius 3 is 2.74 bits per heavy atom. The molecule has 0 unspecified atom stereocenters. The quantitative estimate of drug-likeness (QED) is 0.711. The summed E-state index contributed by atoms with van der Waals surface area (Å²) in [4.78, 5) is 30.8. The smallest absolute Gasteiger partial charge is 0.339 e. The number of carbonyl (C=O) groups excluding carboxylic acids is 1. The summed E-state index contributed by atoms with van der Waals surface area (Å²) in [5, 5.41) is 0. The van der Waals surface area contributed by atoms with Crippen molar-refractivity contribution in [3.63, 3.8) is 0 Å². The van der Waals surface area contributed by atoms with E-state index in [2.05, 4.69) is 4.98 Å². The second-order valence-corrected chi connectivity index (χ2v) is 6.81. The van der Waals surface area contributed by atoms with Crippen LogP contribution in [0.5, 0.6) is 5.75 Å². The summed E-state index contributed by atoms with van der Waals surface area (Å²) in [6.07, 6.45) is 3.25. The first-order valence-electron chi connectivity index (χ1n) is 9.02. The van der Waals surface area contributed by atoms with Crippen LogP contribution in [0.15, 0.2) is 45.7 Å². The number of amides is 1. The van der Waals surface area contributed by atoms with Crippen LogP contribution in [-0.4, -0.2) is 39.4 Å². The predicted molar refractivity (Wildman–Crippen MR) is 99.2 cm³/mol. The number of pyridine rings is 1. The molecule has 0 atom stereocenters. The fourth-order valence-electron chi connectivity index (χ4n) is 3.53. The second-order valence-electron chi connectivity index (χ2n) is 6.81. The van der Waals surface area contributed by atoms with E-state index in [1.165, 1.54) is 6.07 Å². The number of ether oxygens (including phenoxy) is 1. The third-order valence-corrected chi connectivity index (χ3v) is 4.81. The van der Waals surface area contributed by atoms with Crippen LogP contribution in [0.1, 0.15) is 34.8 Å². The standard InChI is InChI=1S/C20H21N3O4/c1-13-11-16(12-18(24)26-13)27-15-6-9-22(10-7-15)20(25)19-14(2)21-17-5-3-4-8-23(17)19/h3-5,8,11-12,15H,6-7,9-10H2,1-2H3. The molecule has 4 rings (SSSR count). The molecule has 0 bridgehead atoms. The summed E-state index contributed by atoms with van der Waals surface area (Å²) in [5.41, 5.74) is 1.70. The minimum Gasteiger partial charge on any atom is -0.490 e. The first kappa shape index (κ1) is 17.3. The largest absolute Gasteiger partial charge is 0.490 e. The van der Waals surface area contributed by atoms with Gasteiger partial charge in [-0.15, -0.1) is 0 Å². The summed E-state index contributed by atoms with van der Waals surface area (Å²) >= 11 is 0. The topological polar surface area (TPSA) is 77.1 Å². The number of aryl methyl sites for hydroxylation is 2. The molecule has 4 heterocycles. The monoisotopic (exact) mass is 367 g/mol. The van der Waals surface area contributed by atoms with Gasteiger partial charge in [0.25, 0.3) is 5.91 Å². The van der Waals surface area contributed by atoms with Crippen molar-refractivity contribution in [1.82, 2.24) is 14.3 Å². The number of imidazole rings is 1. The Morgan fingerprint density at radius 1 is 1.22 bits per heavy atom. The molecule has 0 N–H and O–H groups in total. The van der Waals surface area contributed by atoms with E-state index in [4.69, 9.17) is 9.15 Å². The average Bonchev–Trinajstić information content (AvgIpc) is 2.96.